The van der Waals surface area contributed by atoms with Gasteiger partial charge >= 0.3 is 0 Å². The number of nitrogens with two attached hydrogens (primary N) is 1. The maximum absolute atomic E-state index is 6.18. The number of nitrogens with one attached hydrogen (secondary N) is 1. The minimum atomic E-state index is 0.296. The molecule has 1 aromatic carbocycles. The summed E-state index contributed by atoms with van der Waals surface area (Å²) in [6, 6.07) is 4.32. The number of benzene rings is 1. The quantitative estimate of drug-likeness (QED) is 0.650. The lowest BCUT2D eigenvalue weighted by Gasteiger charge is -2.23. The van der Waals surface area contributed by atoms with Crippen molar-refractivity contribution < 1.29 is 4.74 Å². The maximum Gasteiger partial charge on any atom is 0.125 e. The predicted molar refractivity (Wildman–Crippen MR) is 72.8 cm³/mol. The van der Waals surface area contributed by atoms with Crippen LogP contribution in [0.2, 0.25) is 5.02 Å². The van der Waals surface area contributed by atoms with E-state index >= 15 is 0 Å². The Morgan fingerprint density at radius 3 is 2.94 bits per heavy atom. The summed E-state index contributed by atoms with van der Waals surface area (Å²) in [4.78, 5) is 0. The molecule has 0 spiro atoms. The lowest BCUT2D eigenvalue weighted by Crippen LogP contribution is -2.42. The standard InChI is InChI=1S/C14H19ClN2O/c1-14(3-4-14)12(17-16)8-10-7-11(15)6-9-2-5-18-13(9)10/h6-7,12,17H,2-5,8,16H2,1H3. The normalized spacial score (nSPS) is 21.3. The molecule has 98 valence electrons. The Morgan fingerprint density at radius 2 is 2.28 bits per heavy atom. The second kappa shape index (κ2) is 4.41. The predicted octanol–water partition coefficient (Wildman–Crippen LogP) is 2.45. The first kappa shape index (κ1) is 12.3. The average Bonchev–Trinajstić information content (AvgIpc) is 2.90. The van der Waals surface area contributed by atoms with Crippen molar-refractivity contribution in [2.75, 3.05) is 6.61 Å². The Hall–Kier alpha value is -0.770. The van der Waals surface area contributed by atoms with Crippen molar-refractivity contribution >= 4 is 11.6 Å². The third-order valence-corrected chi connectivity index (χ3v) is 4.55. The molecule has 1 aromatic rings. The molecular formula is C14H19ClN2O. The zero-order valence-corrected chi connectivity index (χ0v) is 11.4. The van der Waals surface area contributed by atoms with Crippen LogP contribution in [0.1, 0.15) is 30.9 Å². The van der Waals surface area contributed by atoms with Crippen LogP contribution in [0.15, 0.2) is 12.1 Å². The van der Waals surface area contributed by atoms with Crippen molar-refractivity contribution in [2.45, 2.75) is 38.6 Å². The molecule has 1 atom stereocenters. The van der Waals surface area contributed by atoms with E-state index in [4.69, 9.17) is 22.2 Å². The van der Waals surface area contributed by atoms with Gasteiger partial charge in [-0.3, -0.25) is 11.3 Å². The molecule has 1 saturated carbocycles. The fourth-order valence-electron chi connectivity index (χ4n) is 2.77. The largest absolute Gasteiger partial charge is 0.493 e. The smallest absolute Gasteiger partial charge is 0.125 e. The molecule has 1 aliphatic heterocycles. The molecule has 1 fully saturated rings. The number of fused-ring (bicyclic) bond motifs is 1. The molecule has 1 unspecified atom stereocenters. The van der Waals surface area contributed by atoms with Crippen molar-refractivity contribution in [3.8, 4) is 5.75 Å². The first-order chi connectivity index (χ1) is 8.62. The minimum Gasteiger partial charge on any atom is -0.493 e. The summed E-state index contributed by atoms with van der Waals surface area (Å²) in [5, 5.41) is 0.797. The van der Waals surface area contributed by atoms with Crippen molar-refractivity contribution in [1.29, 1.82) is 0 Å². The van der Waals surface area contributed by atoms with Gasteiger partial charge in [-0.2, -0.15) is 0 Å². The lowest BCUT2D eigenvalue weighted by atomic mass is 9.92. The maximum atomic E-state index is 6.18. The topological polar surface area (TPSA) is 47.3 Å². The summed E-state index contributed by atoms with van der Waals surface area (Å²) in [6.07, 6.45) is 4.33. The van der Waals surface area contributed by atoms with Crippen molar-refractivity contribution in [3.63, 3.8) is 0 Å². The van der Waals surface area contributed by atoms with Crippen LogP contribution in [0.3, 0.4) is 0 Å². The van der Waals surface area contributed by atoms with Crippen LogP contribution in [0.25, 0.3) is 0 Å². The van der Waals surface area contributed by atoms with Crippen LogP contribution in [0.4, 0.5) is 0 Å². The monoisotopic (exact) mass is 266 g/mol. The molecule has 4 heteroatoms. The zero-order valence-electron chi connectivity index (χ0n) is 10.6. The Kier molecular flexibility index (Phi) is 3.00. The first-order valence-corrected chi connectivity index (χ1v) is 6.90. The summed E-state index contributed by atoms with van der Waals surface area (Å²) in [5.41, 5.74) is 5.72. The molecule has 2 aliphatic rings. The van der Waals surface area contributed by atoms with Gasteiger partial charge < -0.3 is 4.74 Å². The van der Waals surface area contributed by atoms with Gasteiger partial charge in [-0.1, -0.05) is 18.5 Å². The van der Waals surface area contributed by atoms with Crippen molar-refractivity contribution in [2.24, 2.45) is 11.3 Å². The number of rotatable bonds is 4. The lowest BCUT2D eigenvalue weighted by molar-refractivity contribution is 0.336. The third-order valence-electron chi connectivity index (χ3n) is 4.33. The van der Waals surface area contributed by atoms with E-state index in [1.165, 1.54) is 24.0 Å². The molecule has 0 bridgehead atoms. The Balaban J connectivity index is 1.88. The van der Waals surface area contributed by atoms with Crippen LogP contribution in [-0.2, 0) is 12.8 Å². The van der Waals surface area contributed by atoms with Crippen LogP contribution in [0.5, 0.6) is 5.75 Å². The molecule has 0 amide bonds. The minimum absolute atomic E-state index is 0.296. The fraction of sp³-hybridized carbons (Fsp3) is 0.571. The summed E-state index contributed by atoms with van der Waals surface area (Å²) in [5.74, 6) is 6.74. The summed E-state index contributed by atoms with van der Waals surface area (Å²) in [7, 11) is 0. The molecule has 0 radical (unpaired) electrons. The van der Waals surface area contributed by atoms with Crippen molar-refractivity contribution in [1.82, 2.24) is 5.43 Å². The van der Waals surface area contributed by atoms with E-state index in [0.29, 0.717) is 11.5 Å². The number of hydrazine groups is 1. The van der Waals surface area contributed by atoms with E-state index < -0.39 is 0 Å². The molecular weight excluding hydrogens is 248 g/mol. The van der Waals surface area contributed by atoms with E-state index in [1.807, 2.05) is 12.1 Å². The fourth-order valence-corrected chi connectivity index (χ4v) is 3.03. The van der Waals surface area contributed by atoms with Crippen LogP contribution in [-0.4, -0.2) is 12.6 Å². The number of ether oxygens (including phenoxy) is 1. The van der Waals surface area contributed by atoms with Gasteiger partial charge in [0.05, 0.1) is 6.61 Å². The van der Waals surface area contributed by atoms with Gasteiger partial charge in [0.25, 0.3) is 0 Å². The van der Waals surface area contributed by atoms with Crippen LogP contribution < -0.4 is 16.0 Å². The number of hydrogen-bond acceptors (Lipinski definition) is 3. The zero-order chi connectivity index (χ0) is 12.8. The van der Waals surface area contributed by atoms with Crippen LogP contribution in [0, 0.1) is 5.41 Å². The Labute approximate surface area is 113 Å². The summed E-state index contributed by atoms with van der Waals surface area (Å²) < 4.78 is 5.74. The molecule has 0 saturated heterocycles. The highest BCUT2D eigenvalue weighted by molar-refractivity contribution is 6.30. The SMILES string of the molecule is CC1(C(Cc2cc(Cl)cc3c2OCC3)NN)CC1. The number of hydrogen-bond donors (Lipinski definition) is 2. The van der Waals surface area contributed by atoms with Crippen molar-refractivity contribution in [3.05, 3.63) is 28.3 Å². The van der Waals surface area contributed by atoms with E-state index in [9.17, 15) is 0 Å². The van der Waals surface area contributed by atoms with E-state index in [0.717, 1.165) is 30.2 Å². The van der Waals surface area contributed by atoms with Gasteiger partial charge in [0.2, 0.25) is 0 Å². The molecule has 1 aliphatic carbocycles. The van der Waals surface area contributed by atoms with Gasteiger partial charge in [-0.15, -0.1) is 0 Å². The second-order valence-electron chi connectivity index (χ2n) is 5.73. The highest BCUT2D eigenvalue weighted by Gasteiger charge is 2.44. The van der Waals surface area contributed by atoms with Gasteiger partial charge in [-0.25, -0.2) is 0 Å². The van der Waals surface area contributed by atoms with Gasteiger partial charge in [0, 0.05) is 17.5 Å². The number of halogens is 1. The van der Waals surface area contributed by atoms with E-state index in [-0.39, 0.29) is 0 Å². The van der Waals surface area contributed by atoms with Gasteiger partial charge in [0.1, 0.15) is 5.75 Å². The van der Waals surface area contributed by atoms with Gasteiger partial charge in [-0.05, 0) is 47.9 Å². The average molecular weight is 267 g/mol. The highest BCUT2D eigenvalue weighted by atomic mass is 35.5. The van der Waals surface area contributed by atoms with Gasteiger partial charge in [0.15, 0.2) is 0 Å². The Morgan fingerprint density at radius 1 is 1.50 bits per heavy atom. The molecule has 1 heterocycles. The van der Waals surface area contributed by atoms with E-state index in [2.05, 4.69) is 12.3 Å². The molecule has 3 rings (SSSR count). The first-order valence-electron chi connectivity index (χ1n) is 6.52. The molecule has 0 aromatic heterocycles. The summed E-state index contributed by atoms with van der Waals surface area (Å²) >= 11 is 6.18. The molecule has 3 N–H and O–H groups in total. The van der Waals surface area contributed by atoms with Crippen LogP contribution >= 0.6 is 11.6 Å². The molecule has 18 heavy (non-hydrogen) atoms. The summed E-state index contributed by atoms with van der Waals surface area (Å²) in [6.45, 7) is 3.05. The third kappa shape index (κ3) is 2.11. The van der Waals surface area contributed by atoms with E-state index in [1.54, 1.807) is 0 Å². The molecule has 3 nitrogen and oxygen atoms in total. The Bertz CT molecular complexity index is 471. The highest BCUT2D eigenvalue weighted by Crippen LogP contribution is 2.49. The second-order valence-corrected chi connectivity index (χ2v) is 6.17.